The van der Waals surface area contributed by atoms with Gasteiger partial charge in [-0.05, 0) is 58.7 Å². The highest BCUT2D eigenvalue weighted by Crippen LogP contribution is 2.32. The largest absolute Gasteiger partial charge is 0.368 e. The molecule has 0 aliphatic carbocycles. The number of hydrogen-bond donors (Lipinski definition) is 0. The van der Waals surface area contributed by atoms with Gasteiger partial charge in [-0.15, -0.1) is 0 Å². The number of carbonyl (C=O) groups is 2. The van der Waals surface area contributed by atoms with Crippen molar-refractivity contribution in [2.75, 3.05) is 42.5 Å². The molecule has 2 amide bonds. The Bertz CT molecular complexity index is 881. The monoisotopic (exact) mass is 461 g/mol. The van der Waals surface area contributed by atoms with Crippen LogP contribution in [0.25, 0.3) is 0 Å². The van der Waals surface area contributed by atoms with E-state index in [0.29, 0.717) is 31.1 Å². The van der Waals surface area contributed by atoms with Gasteiger partial charge in [0.15, 0.2) is 0 Å². The Balaban J connectivity index is 1.38. The van der Waals surface area contributed by atoms with Gasteiger partial charge in [0.2, 0.25) is 11.8 Å². The predicted molar refractivity (Wildman–Crippen MR) is 115 cm³/mol. The van der Waals surface area contributed by atoms with Gasteiger partial charge in [0.05, 0.1) is 5.69 Å². The molecule has 2 heterocycles. The summed E-state index contributed by atoms with van der Waals surface area (Å²) in [6, 6.07) is 15.4. The maximum Gasteiger partial charge on any atom is 0.239 e. The van der Waals surface area contributed by atoms with Crippen molar-refractivity contribution in [3.05, 3.63) is 58.0 Å². The SMILES string of the molecule is O=C(C1CCN(c2ccccc2Br)C1=O)N1CCN(c2ccc(Cl)cc2)CC1. The zero-order valence-corrected chi connectivity index (χ0v) is 17.7. The summed E-state index contributed by atoms with van der Waals surface area (Å²) in [7, 11) is 0. The van der Waals surface area contributed by atoms with Gasteiger partial charge < -0.3 is 14.7 Å². The van der Waals surface area contributed by atoms with E-state index in [0.717, 1.165) is 28.9 Å². The van der Waals surface area contributed by atoms with E-state index in [4.69, 9.17) is 11.6 Å². The van der Waals surface area contributed by atoms with Gasteiger partial charge in [0.25, 0.3) is 0 Å². The molecule has 0 N–H and O–H groups in total. The summed E-state index contributed by atoms with van der Waals surface area (Å²) in [5.74, 6) is -0.721. The number of rotatable bonds is 3. The van der Waals surface area contributed by atoms with Crippen molar-refractivity contribution >= 4 is 50.7 Å². The van der Waals surface area contributed by atoms with Gasteiger partial charge in [0.1, 0.15) is 5.92 Å². The van der Waals surface area contributed by atoms with Crippen LogP contribution in [-0.2, 0) is 9.59 Å². The number of amides is 2. The van der Waals surface area contributed by atoms with Crippen LogP contribution in [0.3, 0.4) is 0 Å². The molecule has 28 heavy (non-hydrogen) atoms. The molecule has 0 radical (unpaired) electrons. The number of nitrogens with zero attached hydrogens (tertiary/aromatic N) is 3. The fraction of sp³-hybridized carbons (Fsp3) is 0.333. The van der Waals surface area contributed by atoms with E-state index in [1.54, 1.807) is 4.90 Å². The van der Waals surface area contributed by atoms with E-state index >= 15 is 0 Å². The maximum absolute atomic E-state index is 13.0. The van der Waals surface area contributed by atoms with Crippen LogP contribution in [-0.4, -0.2) is 49.4 Å². The maximum atomic E-state index is 13.0. The van der Waals surface area contributed by atoms with Crippen molar-refractivity contribution in [3.8, 4) is 0 Å². The predicted octanol–water partition coefficient (Wildman–Crippen LogP) is 3.80. The molecular weight excluding hydrogens is 442 g/mol. The molecule has 0 bridgehead atoms. The molecule has 2 aliphatic heterocycles. The summed E-state index contributed by atoms with van der Waals surface area (Å²) >= 11 is 9.45. The minimum Gasteiger partial charge on any atom is -0.368 e. The Hall–Kier alpha value is -2.05. The Kier molecular flexibility index (Phi) is 5.60. The Morgan fingerprint density at radius 3 is 2.32 bits per heavy atom. The number of piperazine rings is 1. The molecule has 2 fully saturated rings. The normalized spacial score (nSPS) is 20.0. The van der Waals surface area contributed by atoms with Crippen LogP contribution >= 0.6 is 27.5 Å². The molecule has 0 saturated carbocycles. The van der Waals surface area contributed by atoms with Crippen molar-refractivity contribution in [3.63, 3.8) is 0 Å². The van der Waals surface area contributed by atoms with E-state index in [1.807, 2.05) is 53.4 Å². The van der Waals surface area contributed by atoms with E-state index in [-0.39, 0.29) is 11.8 Å². The summed E-state index contributed by atoms with van der Waals surface area (Å²) in [5, 5.41) is 0.715. The average Bonchev–Trinajstić information content (AvgIpc) is 3.10. The number of hydrogen-bond acceptors (Lipinski definition) is 3. The van der Waals surface area contributed by atoms with Crippen LogP contribution in [0.15, 0.2) is 53.0 Å². The summed E-state index contributed by atoms with van der Waals surface area (Å²) in [5.41, 5.74) is 1.93. The molecule has 2 aliphatic rings. The summed E-state index contributed by atoms with van der Waals surface area (Å²) in [6.07, 6.45) is 0.566. The van der Waals surface area contributed by atoms with Gasteiger partial charge in [-0.3, -0.25) is 9.59 Å². The van der Waals surface area contributed by atoms with Crippen LogP contribution in [0.5, 0.6) is 0 Å². The Morgan fingerprint density at radius 1 is 0.964 bits per heavy atom. The molecule has 2 aromatic carbocycles. The minimum atomic E-state index is -0.575. The summed E-state index contributed by atoms with van der Waals surface area (Å²) < 4.78 is 0.869. The summed E-state index contributed by atoms with van der Waals surface area (Å²) in [6.45, 7) is 3.33. The smallest absolute Gasteiger partial charge is 0.239 e. The fourth-order valence-electron chi connectivity index (χ4n) is 3.88. The molecule has 2 aromatic rings. The second-order valence-electron chi connectivity index (χ2n) is 7.07. The molecule has 0 spiro atoms. The average molecular weight is 463 g/mol. The number of para-hydroxylation sites is 1. The first kappa shape index (κ1) is 19.3. The van der Waals surface area contributed by atoms with Crippen LogP contribution < -0.4 is 9.80 Å². The van der Waals surface area contributed by atoms with E-state index in [1.165, 1.54) is 0 Å². The molecule has 2 saturated heterocycles. The van der Waals surface area contributed by atoms with E-state index in [2.05, 4.69) is 20.8 Å². The fourth-order valence-corrected chi connectivity index (χ4v) is 4.50. The second kappa shape index (κ2) is 8.13. The zero-order chi connectivity index (χ0) is 19.7. The van der Waals surface area contributed by atoms with Gasteiger partial charge in [-0.25, -0.2) is 0 Å². The van der Waals surface area contributed by atoms with Gasteiger partial charge in [0, 0.05) is 47.9 Å². The lowest BCUT2D eigenvalue weighted by molar-refractivity contribution is -0.140. The Morgan fingerprint density at radius 2 is 1.64 bits per heavy atom. The van der Waals surface area contributed by atoms with E-state index in [9.17, 15) is 9.59 Å². The molecule has 1 atom stereocenters. The molecule has 1 unspecified atom stereocenters. The lowest BCUT2D eigenvalue weighted by atomic mass is 10.1. The minimum absolute atomic E-state index is 0.0460. The van der Waals surface area contributed by atoms with Crippen LogP contribution in [0.1, 0.15) is 6.42 Å². The molecule has 5 nitrogen and oxygen atoms in total. The van der Waals surface area contributed by atoms with E-state index < -0.39 is 5.92 Å². The van der Waals surface area contributed by atoms with Gasteiger partial charge >= 0.3 is 0 Å². The van der Waals surface area contributed by atoms with Crippen molar-refractivity contribution in [2.24, 2.45) is 5.92 Å². The standard InChI is InChI=1S/C21H21BrClN3O2/c22-18-3-1-2-4-19(18)26-10-9-17(21(26)28)20(27)25-13-11-24(12-14-25)16-7-5-15(23)6-8-16/h1-8,17H,9-14H2. The number of halogens is 2. The van der Waals surface area contributed by atoms with Crippen LogP contribution in [0.2, 0.25) is 5.02 Å². The topological polar surface area (TPSA) is 43.9 Å². The number of benzene rings is 2. The first-order chi connectivity index (χ1) is 13.5. The number of carbonyl (C=O) groups excluding carboxylic acids is 2. The molecule has 0 aromatic heterocycles. The van der Waals surface area contributed by atoms with Crippen LogP contribution in [0.4, 0.5) is 11.4 Å². The second-order valence-corrected chi connectivity index (χ2v) is 8.36. The van der Waals surface area contributed by atoms with Crippen LogP contribution in [0, 0.1) is 5.92 Å². The highest BCUT2D eigenvalue weighted by Gasteiger charge is 2.40. The first-order valence-corrected chi connectivity index (χ1v) is 10.6. The first-order valence-electron chi connectivity index (χ1n) is 9.40. The highest BCUT2D eigenvalue weighted by atomic mass is 79.9. The highest BCUT2D eigenvalue weighted by molar-refractivity contribution is 9.10. The third-order valence-corrected chi connectivity index (χ3v) is 6.35. The molecule has 7 heteroatoms. The van der Waals surface area contributed by atoms with Crippen molar-refractivity contribution in [1.82, 2.24) is 4.90 Å². The summed E-state index contributed by atoms with van der Waals surface area (Å²) in [4.78, 5) is 31.7. The van der Waals surface area contributed by atoms with Gasteiger partial charge in [-0.2, -0.15) is 0 Å². The van der Waals surface area contributed by atoms with Gasteiger partial charge in [-0.1, -0.05) is 23.7 Å². The molecule has 146 valence electrons. The van der Waals surface area contributed by atoms with Crippen molar-refractivity contribution in [1.29, 1.82) is 0 Å². The molecular formula is C21H21BrClN3O2. The lowest BCUT2D eigenvalue weighted by Crippen LogP contribution is -2.51. The third-order valence-electron chi connectivity index (χ3n) is 5.43. The lowest BCUT2D eigenvalue weighted by Gasteiger charge is -2.37. The zero-order valence-electron chi connectivity index (χ0n) is 15.4. The number of anilines is 2. The third kappa shape index (κ3) is 3.76. The quantitative estimate of drug-likeness (QED) is 0.652. The molecule has 4 rings (SSSR count). The van der Waals surface area contributed by atoms with Crippen molar-refractivity contribution < 1.29 is 9.59 Å². The van der Waals surface area contributed by atoms with Crippen molar-refractivity contribution in [2.45, 2.75) is 6.42 Å². The Labute approximate surface area is 178 Å².